The Morgan fingerprint density at radius 2 is 1.59 bits per heavy atom. The quantitative estimate of drug-likeness (QED) is 0.638. The van der Waals surface area contributed by atoms with Crippen molar-refractivity contribution in [1.29, 1.82) is 0 Å². The van der Waals surface area contributed by atoms with E-state index in [4.69, 9.17) is 9.53 Å². The van der Waals surface area contributed by atoms with Crippen molar-refractivity contribution < 1.29 is 11.0 Å². The van der Waals surface area contributed by atoms with Gasteiger partial charge in [-0.05, 0) is 41.0 Å². The topological polar surface area (TPSA) is 29.5 Å². The molecule has 2 aromatic rings. The van der Waals surface area contributed by atoms with Crippen LogP contribution >= 0.6 is 22.7 Å². The SMILES string of the molecule is C.CC(C)(C)[Si](C)(C)OCc1cccs1.OCc1cccs1.[3HH]. The van der Waals surface area contributed by atoms with Gasteiger partial charge in [-0.15, -0.1) is 22.7 Å². The molecule has 0 radical (unpaired) electrons. The summed E-state index contributed by atoms with van der Waals surface area (Å²) in [6, 6.07) is 8.05. The molecular weight excluding hydrogens is 328 g/mol. The molecule has 0 saturated heterocycles. The van der Waals surface area contributed by atoms with Gasteiger partial charge in [0.2, 0.25) is 0 Å². The van der Waals surface area contributed by atoms with Crippen molar-refractivity contribution in [2.75, 3.05) is 0 Å². The minimum atomic E-state index is -1.55. The predicted molar refractivity (Wildman–Crippen MR) is 105 cm³/mol. The first-order chi connectivity index (χ1) is 9.76. The lowest BCUT2D eigenvalue weighted by atomic mass is 10.2. The molecule has 0 aliphatic heterocycles. The standard InChI is InChI=1S/C11H20OSSi.C5H6OS.CH4.H2/c1-11(2,3)14(4,5)12-9-10-7-6-8-13-10;6-4-5-2-1-3-7-5;;/h6-8H,9H2,1-5H3;1-3,6H,4H2;1H4;1H/i;;;1+2. The van der Waals surface area contributed by atoms with Gasteiger partial charge in [0.15, 0.2) is 8.32 Å². The Bertz CT molecular complexity index is 491. The fourth-order valence-electron chi connectivity index (χ4n) is 1.27. The third kappa shape index (κ3) is 7.20. The van der Waals surface area contributed by atoms with Crippen molar-refractivity contribution in [3.63, 3.8) is 0 Å². The Morgan fingerprint density at radius 3 is 1.91 bits per heavy atom. The molecule has 2 rings (SSSR count). The maximum Gasteiger partial charge on any atom is 0.192 e. The highest BCUT2D eigenvalue weighted by atomic mass is 32.1. The zero-order valence-electron chi connectivity index (χ0n) is 13.6. The van der Waals surface area contributed by atoms with E-state index in [0.29, 0.717) is 5.04 Å². The second-order valence-electron chi connectivity index (χ2n) is 6.37. The van der Waals surface area contributed by atoms with Gasteiger partial charge in [0.25, 0.3) is 0 Å². The highest BCUT2D eigenvalue weighted by molar-refractivity contribution is 7.10. The van der Waals surface area contributed by atoms with Gasteiger partial charge in [-0.25, -0.2) is 0 Å². The third-order valence-corrected chi connectivity index (χ3v) is 9.89. The minimum absolute atomic E-state index is 0. The van der Waals surface area contributed by atoms with Crippen LogP contribution in [0.25, 0.3) is 0 Å². The Balaban J connectivity index is 0. The average molecular weight is 363 g/mol. The summed E-state index contributed by atoms with van der Waals surface area (Å²) in [4.78, 5) is 2.36. The van der Waals surface area contributed by atoms with E-state index in [0.717, 1.165) is 11.5 Å². The largest absolute Gasteiger partial charge is 0.412 e. The molecule has 22 heavy (non-hydrogen) atoms. The lowest BCUT2D eigenvalue weighted by Crippen LogP contribution is -2.40. The molecule has 0 unspecified atom stereocenters. The van der Waals surface area contributed by atoms with Crippen LogP contribution in [0, 0.1) is 0 Å². The van der Waals surface area contributed by atoms with Crippen LogP contribution < -0.4 is 0 Å². The summed E-state index contributed by atoms with van der Waals surface area (Å²) in [6.45, 7) is 12.4. The molecule has 0 bridgehead atoms. The van der Waals surface area contributed by atoms with Gasteiger partial charge in [-0.1, -0.05) is 40.3 Å². The van der Waals surface area contributed by atoms with E-state index in [-0.39, 0.29) is 15.5 Å². The first kappa shape index (κ1) is 21.5. The molecule has 1 N–H and O–H groups in total. The van der Waals surface area contributed by atoms with E-state index in [1.807, 2.05) is 17.5 Å². The second kappa shape index (κ2) is 9.63. The van der Waals surface area contributed by atoms with Crippen molar-refractivity contribution in [3.8, 4) is 0 Å². The molecule has 0 aromatic carbocycles. The molecule has 2 nitrogen and oxygen atoms in total. The number of hydrogen-bond acceptors (Lipinski definition) is 4. The van der Waals surface area contributed by atoms with Gasteiger partial charge in [0, 0.05) is 11.2 Å². The fourth-order valence-corrected chi connectivity index (χ4v) is 3.50. The monoisotopic (exact) mass is 362 g/mol. The molecule has 5 heteroatoms. The van der Waals surface area contributed by atoms with E-state index in [1.165, 1.54) is 4.88 Å². The van der Waals surface area contributed by atoms with Crippen LogP contribution in [0.4, 0.5) is 0 Å². The van der Waals surface area contributed by atoms with E-state index < -0.39 is 8.32 Å². The summed E-state index contributed by atoms with van der Waals surface area (Å²) in [5.74, 6) is 0. The molecule has 0 spiro atoms. The molecule has 0 atom stereocenters. The molecule has 2 aromatic heterocycles. The number of hydrogen-bond donors (Lipinski definition) is 1. The molecule has 0 saturated carbocycles. The Morgan fingerprint density at radius 1 is 1.09 bits per heavy atom. The van der Waals surface area contributed by atoms with Crippen LogP contribution in [0.3, 0.4) is 0 Å². The summed E-state index contributed by atoms with van der Waals surface area (Å²) in [7, 11) is -1.55. The van der Waals surface area contributed by atoms with Gasteiger partial charge >= 0.3 is 0 Å². The van der Waals surface area contributed by atoms with Gasteiger partial charge in [-0.2, -0.15) is 0 Å². The van der Waals surface area contributed by atoms with Crippen LogP contribution in [0.2, 0.25) is 18.1 Å². The van der Waals surface area contributed by atoms with Gasteiger partial charge < -0.3 is 9.53 Å². The first-order valence-electron chi connectivity index (χ1n) is 7.06. The molecule has 0 aliphatic carbocycles. The lowest BCUT2D eigenvalue weighted by Gasteiger charge is -2.36. The maximum absolute atomic E-state index is 8.44. The van der Waals surface area contributed by atoms with Crippen molar-refractivity contribution in [2.24, 2.45) is 0 Å². The van der Waals surface area contributed by atoms with Gasteiger partial charge in [0.05, 0.1) is 13.2 Å². The van der Waals surface area contributed by atoms with Crippen LogP contribution in [0.1, 0.15) is 39.4 Å². The highest BCUT2D eigenvalue weighted by Crippen LogP contribution is 2.37. The van der Waals surface area contributed by atoms with Crippen LogP contribution in [-0.2, 0) is 17.6 Å². The van der Waals surface area contributed by atoms with E-state index >= 15 is 0 Å². The third-order valence-electron chi connectivity index (χ3n) is 3.70. The second-order valence-corrected chi connectivity index (χ2v) is 13.2. The minimum Gasteiger partial charge on any atom is -0.412 e. The normalized spacial score (nSPS) is 11.4. The van der Waals surface area contributed by atoms with Gasteiger partial charge in [-0.3, -0.25) is 0 Å². The van der Waals surface area contributed by atoms with Crippen LogP contribution in [-0.4, -0.2) is 13.4 Å². The fraction of sp³-hybridized carbons (Fsp3) is 0.529. The first-order valence-corrected chi connectivity index (χ1v) is 11.7. The van der Waals surface area contributed by atoms with Crippen LogP contribution in [0.5, 0.6) is 0 Å². The summed E-state index contributed by atoms with van der Waals surface area (Å²) >= 11 is 3.34. The molecule has 0 fully saturated rings. The molecular formula is C17H32O2S2Si. The Labute approximate surface area is 146 Å². The van der Waals surface area contributed by atoms with Crippen molar-refractivity contribution in [3.05, 3.63) is 44.8 Å². The van der Waals surface area contributed by atoms with Crippen molar-refractivity contribution in [1.82, 2.24) is 0 Å². The van der Waals surface area contributed by atoms with Crippen LogP contribution in [0.15, 0.2) is 35.0 Å². The van der Waals surface area contributed by atoms with Crippen molar-refractivity contribution in [2.45, 2.75) is 59.5 Å². The molecule has 128 valence electrons. The predicted octanol–water partition coefficient (Wildman–Crippen LogP) is 6.39. The number of aliphatic hydroxyl groups is 1. The molecule has 2 heterocycles. The molecule has 0 aliphatic rings. The zero-order valence-corrected chi connectivity index (χ0v) is 16.2. The maximum atomic E-state index is 8.44. The number of thiophene rings is 2. The zero-order chi connectivity index (χ0) is 15.9. The summed E-state index contributed by atoms with van der Waals surface area (Å²) < 4.78 is 6.09. The van der Waals surface area contributed by atoms with E-state index in [9.17, 15) is 0 Å². The summed E-state index contributed by atoms with van der Waals surface area (Å²) in [6.07, 6.45) is 0. The highest BCUT2D eigenvalue weighted by Gasteiger charge is 2.36. The van der Waals surface area contributed by atoms with E-state index in [2.05, 4.69) is 51.4 Å². The molecule has 0 amide bonds. The smallest absolute Gasteiger partial charge is 0.192 e. The lowest BCUT2D eigenvalue weighted by molar-refractivity contribution is 0.279. The summed E-state index contributed by atoms with van der Waals surface area (Å²) in [5.41, 5.74) is 0. The number of aliphatic hydroxyl groups excluding tert-OH is 1. The Hall–Kier alpha value is -0.463. The van der Waals surface area contributed by atoms with E-state index in [1.54, 1.807) is 22.7 Å². The van der Waals surface area contributed by atoms with Crippen molar-refractivity contribution >= 4 is 31.0 Å². The summed E-state index contributed by atoms with van der Waals surface area (Å²) in [5, 5.41) is 12.8. The average Bonchev–Trinajstić information content (AvgIpc) is 3.09. The number of rotatable bonds is 4. The van der Waals surface area contributed by atoms with Gasteiger partial charge in [0.1, 0.15) is 0 Å². The Kier molecular flexibility index (Phi) is 9.42.